The van der Waals surface area contributed by atoms with Gasteiger partial charge in [0.25, 0.3) is 5.91 Å². The van der Waals surface area contributed by atoms with Crippen LogP contribution in [0.15, 0.2) is 24.3 Å². The van der Waals surface area contributed by atoms with Crippen LogP contribution < -0.4 is 16.4 Å². The van der Waals surface area contributed by atoms with Gasteiger partial charge >= 0.3 is 5.97 Å². The molecule has 0 heterocycles. The molecule has 7 heteroatoms. The molecule has 7 nitrogen and oxygen atoms in total. The molecular weight excluding hydrogens is 274 g/mol. The van der Waals surface area contributed by atoms with Crippen molar-refractivity contribution in [1.29, 1.82) is 0 Å². The second kappa shape index (κ2) is 7.88. The van der Waals surface area contributed by atoms with Crippen molar-refractivity contribution in [3.05, 3.63) is 29.8 Å². The summed E-state index contributed by atoms with van der Waals surface area (Å²) in [6, 6.07) is 6.13. The quantitative estimate of drug-likeness (QED) is 0.507. The van der Waals surface area contributed by atoms with Crippen LogP contribution in [-0.4, -0.2) is 37.0 Å². The number of rotatable bonds is 6. The van der Waals surface area contributed by atoms with Crippen molar-refractivity contribution in [2.45, 2.75) is 19.9 Å². The van der Waals surface area contributed by atoms with E-state index in [1.807, 2.05) is 13.8 Å². The normalized spacial score (nSPS) is 10.0. The van der Waals surface area contributed by atoms with Crippen LogP contribution in [0, 0.1) is 0 Å². The summed E-state index contributed by atoms with van der Waals surface area (Å²) in [5.74, 6) is -1.47. The lowest BCUT2D eigenvalue weighted by atomic mass is 10.2. The highest BCUT2D eigenvalue weighted by Gasteiger charge is 2.11. The van der Waals surface area contributed by atoms with E-state index >= 15 is 0 Å². The molecule has 0 saturated heterocycles. The van der Waals surface area contributed by atoms with Crippen molar-refractivity contribution in [2.75, 3.05) is 18.9 Å². The summed E-state index contributed by atoms with van der Waals surface area (Å²) < 4.78 is 4.82. The van der Waals surface area contributed by atoms with E-state index in [1.54, 1.807) is 12.1 Å². The highest BCUT2D eigenvalue weighted by molar-refractivity contribution is 5.92. The van der Waals surface area contributed by atoms with Gasteiger partial charge in [-0.2, -0.15) is 0 Å². The first-order valence-corrected chi connectivity index (χ1v) is 6.47. The Morgan fingerprint density at radius 2 is 1.76 bits per heavy atom. The molecule has 0 bridgehead atoms. The van der Waals surface area contributed by atoms with E-state index in [-0.39, 0.29) is 18.5 Å². The SMILES string of the molecule is CC(C)NC(=O)CNC(=O)COC(=O)c1ccc(N)cc1. The molecule has 0 aliphatic rings. The van der Waals surface area contributed by atoms with Crippen molar-refractivity contribution in [2.24, 2.45) is 0 Å². The molecule has 0 spiro atoms. The molecule has 0 unspecified atom stereocenters. The zero-order valence-electron chi connectivity index (χ0n) is 12.0. The lowest BCUT2D eigenvalue weighted by Gasteiger charge is -2.09. The van der Waals surface area contributed by atoms with Crippen molar-refractivity contribution < 1.29 is 19.1 Å². The predicted octanol–water partition coefficient (Wildman–Crippen LogP) is 0.0664. The number of nitrogens with one attached hydrogen (secondary N) is 2. The van der Waals surface area contributed by atoms with Crippen LogP contribution in [0.5, 0.6) is 0 Å². The molecule has 1 aromatic rings. The minimum atomic E-state index is -0.628. The molecule has 1 aromatic carbocycles. The summed E-state index contributed by atoms with van der Waals surface area (Å²) in [6.07, 6.45) is 0. The van der Waals surface area contributed by atoms with Gasteiger partial charge in [-0.3, -0.25) is 9.59 Å². The Bertz CT molecular complexity index is 511. The van der Waals surface area contributed by atoms with Crippen LogP contribution in [0.3, 0.4) is 0 Å². The molecular formula is C14H19N3O4. The fraction of sp³-hybridized carbons (Fsp3) is 0.357. The Morgan fingerprint density at radius 1 is 1.14 bits per heavy atom. The Morgan fingerprint density at radius 3 is 2.33 bits per heavy atom. The molecule has 114 valence electrons. The minimum Gasteiger partial charge on any atom is -0.452 e. The third kappa shape index (κ3) is 6.42. The van der Waals surface area contributed by atoms with E-state index in [0.29, 0.717) is 11.3 Å². The summed E-state index contributed by atoms with van der Waals surface area (Å²) in [6.45, 7) is 3.02. The van der Waals surface area contributed by atoms with E-state index in [0.717, 1.165) is 0 Å². The molecule has 0 radical (unpaired) electrons. The maximum absolute atomic E-state index is 11.6. The number of hydrogen-bond donors (Lipinski definition) is 3. The van der Waals surface area contributed by atoms with Crippen LogP contribution in [-0.2, 0) is 14.3 Å². The number of carbonyl (C=O) groups excluding carboxylic acids is 3. The smallest absolute Gasteiger partial charge is 0.338 e. The van der Waals surface area contributed by atoms with E-state index in [4.69, 9.17) is 10.5 Å². The van der Waals surface area contributed by atoms with E-state index in [1.165, 1.54) is 12.1 Å². The monoisotopic (exact) mass is 293 g/mol. The molecule has 0 fully saturated rings. The first kappa shape index (κ1) is 16.5. The summed E-state index contributed by atoms with van der Waals surface area (Å²) in [5, 5.41) is 4.98. The van der Waals surface area contributed by atoms with Gasteiger partial charge in [0.15, 0.2) is 6.61 Å². The zero-order chi connectivity index (χ0) is 15.8. The van der Waals surface area contributed by atoms with Gasteiger partial charge in [-0.05, 0) is 38.1 Å². The maximum Gasteiger partial charge on any atom is 0.338 e. The number of esters is 1. The Labute approximate surface area is 122 Å². The fourth-order valence-electron chi connectivity index (χ4n) is 1.44. The zero-order valence-corrected chi connectivity index (χ0v) is 12.0. The van der Waals surface area contributed by atoms with Gasteiger partial charge in [-0.1, -0.05) is 0 Å². The highest BCUT2D eigenvalue weighted by Crippen LogP contribution is 2.06. The number of hydrogen-bond acceptors (Lipinski definition) is 5. The molecule has 0 aliphatic heterocycles. The number of ether oxygens (including phenoxy) is 1. The van der Waals surface area contributed by atoms with Crippen LogP contribution in [0.25, 0.3) is 0 Å². The third-order valence-electron chi connectivity index (χ3n) is 2.38. The van der Waals surface area contributed by atoms with Crippen molar-refractivity contribution >= 4 is 23.5 Å². The molecule has 1 rings (SSSR count). The van der Waals surface area contributed by atoms with Crippen LogP contribution in [0.4, 0.5) is 5.69 Å². The van der Waals surface area contributed by atoms with Gasteiger partial charge in [0.1, 0.15) is 0 Å². The first-order chi connectivity index (χ1) is 9.88. The minimum absolute atomic E-state index is 0.00209. The Hall–Kier alpha value is -2.57. The van der Waals surface area contributed by atoms with Crippen molar-refractivity contribution in [3.63, 3.8) is 0 Å². The standard InChI is InChI=1S/C14H19N3O4/c1-9(2)17-12(18)7-16-13(19)8-21-14(20)10-3-5-11(15)6-4-10/h3-6,9H,7-8,15H2,1-2H3,(H,16,19)(H,17,18). The van der Waals surface area contributed by atoms with Crippen molar-refractivity contribution in [3.8, 4) is 0 Å². The second-order valence-electron chi connectivity index (χ2n) is 4.70. The van der Waals surface area contributed by atoms with Crippen molar-refractivity contribution in [1.82, 2.24) is 10.6 Å². The van der Waals surface area contributed by atoms with E-state index in [2.05, 4.69) is 10.6 Å². The average molecular weight is 293 g/mol. The van der Waals surface area contributed by atoms with Gasteiger partial charge in [0.05, 0.1) is 12.1 Å². The summed E-state index contributed by atoms with van der Waals surface area (Å²) in [7, 11) is 0. The number of carbonyl (C=O) groups is 3. The largest absolute Gasteiger partial charge is 0.452 e. The molecule has 0 atom stereocenters. The van der Waals surface area contributed by atoms with Gasteiger partial charge < -0.3 is 21.1 Å². The van der Waals surface area contributed by atoms with Gasteiger partial charge in [0, 0.05) is 11.7 Å². The van der Waals surface area contributed by atoms with Crippen LogP contribution in [0.2, 0.25) is 0 Å². The van der Waals surface area contributed by atoms with Gasteiger partial charge in [-0.15, -0.1) is 0 Å². The third-order valence-corrected chi connectivity index (χ3v) is 2.38. The Balaban J connectivity index is 2.31. The van der Waals surface area contributed by atoms with Gasteiger partial charge in [0.2, 0.25) is 5.91 Å². The number of nitrogens with two attached hydrogens (primary N) is 1. The summed E-state index contributed by atoms with van der Waals surface area (Å²) in [4.78, 5) is 34.4. The number of nitrogen functional groups attached to an aromatic ring is 1. The highest BCUT2D eigenvalue weighted by atomic mass is 16.5. The van der Waals surface area contributed by atoms with Crippen LogP contribution in [0.1, 0.15) is 24.2 Å². The molecule has 4 N–H and O–H groups in total. The lowest BCUT2D eigenvalue weighted by molar-refractivity contribution is -0.128. The van der Waals surface area contributed by atoms with E-state index in [9.17, 15) is 14.4 Å². The predicted molar refractivity (Wildman–Crippen MR) is 77.4 cm³/mol. The number of amides is 2. The average Bonchev–Trinajstić information content (AvgIpc) is 2.42. The number of benzene rings is 1. The lowest BCUT2D eigenvalue weighted by Crippen LogP contribution is -2.41. The Kier molecular flexibility index (Phi) is 6.19. The van der Waals surface area contributed by atoms with Gasteiger partial charge in [-0.25, -0.2) is 4.79 Å². The molecule has 0 aliphatic carbocycles. The second-order valence-corrected chi connectivity index (χ2v) is 4.70. The maximum atomic E-state index is 11.6. The van der Waals surface area contributed by atoms with Crippen LogP contribution >= 0.6 is 0 Å². The molecule has 0 aromatic heterocycles. The topological polar surface area (TPSA) is 111 Å². The molecule has 2 amide bonds. The summed E-state index contributed by atoms with van der Waals surface area (Å²) >= 11 is 0. The fourth-order valence-corrected chi connectivity index (χ4v) is 1.44. The summed E-state index contributed by atoms with van der Waals surface area (Å²) in [5.41, 5.74) is 6.33. The van der Waals surface area contributed by atoms with E-state index < -0.39 is 18.5 Å². The number of anilines is 1. The first-order valence-electron chi connectivity index (χ1n) is 6.47. The molecule has 21 heavy (non-hydrogen) atoms. The molecule has 0 saturated carbocycles.